The second-order valence-electron chi connectivity index (χ2n) is 6.20. The zero-order valence-electron chi connectivity index (χ0n) is 11.9. The molecule has 1 saturated heterocycles. The van der Waals surface area contributed by atoms with Crippen LogP contribution in [0.15, 0.2) is 0 Å². The van der Waals surface area contributed by atoms with Crippen molar-refractivity contribution in [2.45, 2.75) is 56.8 Å². The number of ether oxygens (including phenoxy) is 1. The molecule has 1 aliphatic carbocycles. The van der Waals surface area contributed by atoms with E-state index < -0.39 is 5.60 Å². The maximum absolute atomic E-state index is 12.0. The molecule has 5 heteroatoms. The second-order valence-corrected chi connectivity index (χ2v) is 6.20. The van der Waals surface area contributed by atoms with Crippen LogP contribution in [0.4, 0.5) is 0 Å². The molecule has 1 amide bonds. The summed E-state index contributed by atoms with van der Waals surface area (Å²) >= 11 is 0. The smallest absolute Gasteiger partial charge is 0.237 e. The molecule has 0 radical (unpaired) electrons. The summed E-state index contributed by atoms with van der Waals surface area (Å²) in [6.07, 6.45) is 4.62. The summed E-state index contributed by atoms with van der Waals surface area (Å²) in [7, 11) is 1.67. The highest BCUT2D eigenvalue weighted by atomic mass is 16.5. The minimum Gasteiger partial charge on any atom is -0.388 e. The van der Waals surface area contributed by atoms with Gasteiger partial charge in [-0.3, -0.25) is 4.79 Å². The molecule has 2 aliphatic rings. The van der Waals surface area contributed by atoms with Gasteiger partial charge in [0.15, 0.2) is 0 Å². The van der Waals surface area contributed by atoms with Crippen LogP contribution in [-0.2, 0) is 9.53 Å². The van der Waals surface area contributed by atoms with E-state index in [-0.39, 0.29) is 18.1 Å². The third-order valence-corrected chi connectivity index (χ3v) is 4.40. The molecule has 0 aromatic rings. The van der Waals surface area contributed by atoms with Crippen molar-refractivity contribution in [1.82, 2.24) is 10.6 Å². The molecule has 0 aromatic carbocycles. The van der Waals surface area contributed by atoms with Gasteiger partial charge in [0.05, 0.1) is 17.7 Å². The van der Waals surface area contributed by atoms with E-state index in [2.05, 4.69) is 17.6 Å². The van der Waals surface area contributed by atoms with E-state index in [0.29, 0.717) is 18.9 Å². The molecule has 1 saturated carbocycles. The average molecular weight is 270 g/mol. The van der Waals surface area contributed by atoms with Gasteiger partial charge in [0.2, 0.25) is 5.91 Å². The largest absolute Gasteiger partial charge is 0.388 e. The zero-order chi connectivity index (χ0) is 13.9. The Labute approximate surface area is 115 Å². The molecular formula is C14H26N2O3. The van der Waals surface area contributed by atoms with Gasteiger partial charge in [-0.1, -0.05) is 19.8 Å². The van der Waals surface area contributed by atoms with Crippen molar-refractivity contribution in [1.29, 1.82) is 0 Å². The summed E-state index contributed by atoms with van der Waals surface area (Å²) in [5.41, 5.74) is -0.716. The predicted molar refractivity (Wildman–Crippen MR) is 72.8 cm³/mol. The fourth-order valence-electron chi connectivity index (χ4n) is 3.25. The van der Waals surface area contributed by atoms with Crippen LogP contribution >= 0.6 is 0 Å². The maximum atomic E-state index is 12.0. The highest BCUT2D eigenvalue weighted by Crippen LogP contribution is 2.31. The van der Waals surface area contributed by atoms with Crippen molar-refractivity contribution in [3.63, 3.8) is 0 Å². The number of carbonyl (C=O) groups excluding carboxylic acids is 1. The van der Waals surface area contributed by atoms with Gasteiger partial charge < -0.3 is 20.5 Å². The lowest BCUT2D eigenvalue weighted by molar-refractivity contribution is -0.124. The lowest BCUT2D eigenvalue weighted by atomic mass is 9.79. The highest BCUT2D eigenvalue weighted by Gasteiger charge is 2.35. The third-order valence-electron chi connectivity index (χ3n) is 4.40. The van der Waals surface area contributed by atoms with Crippen molar-refractivity contribution in [2.75, 3.05) is 20.2 Å². The molecule has 2 rings (SSSR count). The van der Waals surface area contributed by atoms with Gasteiger partial charge in [-0.05, 0) is 25.2 Å². The molecule has 5 nitrogen and oxygen atoms in total. The van der Waals surface area contributed by atoms with Crippen LogP contribution in [0, 0.1) is 5.92 Å². The second kappa shape index (κ2) is 6.20. The van der Waals surface area contributed by atoms with Gasteiger partial charge >= 0.3 is 0 Å². The van der Waals surface area contributed by atoms with Crippen LogP contribution in [0.1, 0.15) is 39.0 Å². The van der Waals surface area contributed by atoms with Crippen LogP contribution in [0.2, 0.25) is 0 Å². The highest BCUT2D eigenvalue weighted by molar-refractivity contribution is 5.82. The predicted octanol–water partition coefficient (Wildman–Crippen LogP) is 0.421. The Bertz CT molecular complexity index is 324. The quantitative estimate of drug-likeness (QED) is 0.692. The Hall–Kier alpha value is -0.650. The molecule has 19 heavy (non-hydrogen) atoms. The number of aliphatic hydroxyl groups is 1. The van der Waals surface area contributed by atoms with Gasteiger partial charge in [-0.2, -0.15) is 0 Å². The van der Waals surface area contributed by atoms with E-state index in [9.17, 15) is 9.90 Å². The summed E-state index contributed by atoms with van der Waals surface area (Å²) in [6, 6.07) is -0.186. The Morgan fingerprint density at radius 2 is 2.37 bits per heavy atom. The van der Waals surface area contributed by atoms with Crippen molar-refractivity contribution in [3.8, 4) is 0 Å². The van der Waals surface area contributed by atoms with Crippen LogP contribution in [0.25, 0.3) is 0 Å². The van der Waals surface area contributed by atoms with Crippen LogP contribution < -0.4 is 10.6 Å². The minimum absolute atomic E-state index is 0.0220. The van der Waals surface area contributed by atoms with E-state index in [0.717, 1.165) is 25.8 Å². The number of nitrogens with one attached hydrogen (secondary N) is 2. The Morgan fingerprint density at radius 1 is 1.58 bits per heavy atom. The van der Waals surface area contributed by atoms with Crippen molar-refractivity contribution < 1.29 is 14.6 Å². The fourth-order valence-corrected chi connectivity index (χ4v) is 3.25. The van der Waals surface area contributed by atoms with Gasteiger partial charge in [-0.25, -0.2) is 0 Å². The normalized spacial score (nSPS) is 39.2. The van der Waals surface area contributed by atoms with Crippen LogP contribution in [0.3, 0.4) is 0 Å². The summed E-state index contributed by atoms with van der Waals surface area (Å²) < 4.78 is 5.23. The number of hydrogen-bond acceptors (Lipinski definition) is 4. The first-order valence-electron chi connectivity index (χ1n) is 7.29. The van der Waals surface area contributed by atoms with E-state index in [4.69, 9.17) is 4.74 Å². The number of methoxy groups -OCH3 is 1. The van der Waals surface area contributed by atoms with Gasteiger partial charge in [0.25, 0.3) is 0 Å². The molecule has 2 fully saturated rings. The molecule has 1 aliphatic heterocycles. The summed E-state index contributed by atoms with van der Waals surface area (Å²) in [4.78, 5) is 12.0. The Balaban J connectivity index is 1.77. The molecule has 1 heterocycles. The van der Waals surface area contributed by atoms with E-state index in [1.165, 1.54) is 6.42 Å². The first-order valence-corrected chi connectivity index (χ1v) is 7.29. The van der Waals surface area contributed by atoms with Crippen molar-refractivity contribution >= 4 is 5.91 Å². The monoisotopic (exact) mass is 270 g/mol. The van der Waals surface area contributed by atoms with E-state index in [1.54, 1.807) is 7.11 Å². The first kappa shape index (κ1) is 14.8. The molecule has 110 valence electrons. The Morgan fingerprint density at radius 3 is 3.00 bits per heavy atom. The summed E-state index contributed by atoms with van der Waals surface area (Å²) in [5, 5.41) is 16.5. The topological polar surface area (TPSA) is 70.6 Å². The average Bonchev–Trinajstić information content (AvgIpc) is 2.84. The summed E-state index contributed by atoms with van der Waals surface area (Å²) in [5.74, 6) is 0.518. The molecule has 4 atom stereocenters. The standard InChI is InChI=1S/C14H26N2O3/c1-10-4-3-5-14(18,7-10)9-16-13(17)12-6-11(19-2)8-15-12/h10-12,15,18H,3-9H2,1-2H3,(H,16,17). The van der Waals surface area contributed by atoms with Crippen LogP contribution in [0.5, 0.6) is 0 Å². The molecular weight excluding hydrogens is 244 g/mol. The molecule has 3 N–H and O–H groups in total. The molecule has 0 spiro atoms. The van der Waals surface area contributed by atoms with Crippen molar-refractivity contribution in [3.05, 3.63) is 0 Å². The summed E-state index contributed by atoms with van der Waals surface area (Å²) in [6.45, 7) is 3.25. The number of rotatable bonds is 4. The number of amides is 1. The van der Waals surface area contributed by atoms with Gasteiger partial charge in [0, 0.05) is 20.2 Å². The Kier molecular flexibility index (Phi) is 4.81. The SMILES string of the molecule is COC1CNC(C(=O)NCC2(O)CCCC(C)C2)C1. The molecule has 0 bridgehead atoms. The van der Waals surface area contributed by atoms with Crippen molar-refractivity contribution in [2.24, 2.45) is 5.92 Å². The zero-order valence-corrected chi connectivity index (χ0v) is 11.9. The fraction of sp³-hybridized carbons (Fsp3) is 0.929. The van der Waals surface area contributed by atoms with Gasteiger partial charge in [0.1, 0.15) is 0 Å². The third kappa shape index (κ3) is 3.91. The van der Waals surface area contributed by atoms with E-state index >= 15 is 0 Å². The lowest BCUT2D eigenvalue weighted by Gasteiger charge is -2.35. The number of hydrogen-bond donors (Lipinski definition) is 3. The molecule has 0 aromatic heterocycles. The van der Waals surface area contributed by atoms with Gasteiger partial charge in [-0.15, -0.1) is 0 Å². The molecule has 4 unspecified atom stereocenters. The minimum atomic E-state index is -0.716. The number of carbonyl (C=O) groups is 1. The lowest BCUT2D eigenvalue weighted by Crippen LogP contribution is -2.49. The maximum Gasteiger partial charge on any atom is 0.237 e. The van der Waals surface area contributed by atoms with E-state index in [1.807, 2.05) is 0 Å². The first-order chi connectivity index (χ1) is 9.02. The van der Waals surface area contributed by atoms with Crippen LogP contribution in [-0.4, -0.2) is 49.0 Å².